The lowest BCUT2D eigenvalue weighted by Crippen LogP contribution is -2.36. The van der Waals surface area contributed by atoms with Crippen molar-refractivity contribution < 1.29 is 19.1 Å². The molecule has 4 rings (SSSR count). The van der Waals surface area contributed by atoms with Crippen molar-refractivity contribution in [3.63, 3.8) is 0 Å². The van der Waals surface area contributed by atoms with E-state index in [1.807, 2.05) is 32.0 Å². The number of amides is 2. The lowest BCUT2D eigenvalue weighted by Gasteiger charge is -2.19. The number of ether oxygens (including phenoxy) is 1. The van der Waals surface area contributed by atoms with E-state index in [-0.39, 0.29) is 42.0 Å². The second kappa shape index (κ2) is 7.75. The Hall–Kier alpha value is -2.47. The van der Waals surface area contributed by atoms with E-state index in [9.17, 15) is 14.4 Å². The van der Waals surface area contributed by atoms with Gasteiger partial charge in [-0.15, -0.1) is 0 Å². The smallest absolute Gasteiger partial charge is 0.326 e. The maximum Gasteiger partial charge on any atom is 0.326 e. The van der Waals surface area contributed by atoms with Crippen LogP contribution in [0.1, 0.15) is 42.4 Å². The summed E-state index contributed by atoms with van der Waals surface area (Å²) in [6.07, 6.45) is 3.34. The van der Waals surface area contributed by atoms with Gasteiger partial charge in [0.1, 0.15) is 18.3 Å². The largest absolute Gasteiger partial charge is 0.459 e. The van der Waals surface area contributed by atoms with Crippen molar-refractivity contribution in [2.24, 2.45) is 11.8 Å². The summed E-state index contributed by atoms with van der Waals surface area (Å²) in [4.78, 5) is 42.8. The Labute approximate surface area is 174 Å². The standard InChI is InChI=1S/C22H23ClN2O4/c1-12-7-8-14-9-15(20(23)24-19(14)13(12)2)11-29-18(26)10-25-21(27)16-5-3-4-6-17(16)22(25)28/h7-9,16-17H,3-6,10-11H2,1-2H3/t16-,17-/m1/s1. The molecule has 1 saturated carbocycles. The van der Waals surface area contributed by atoms with Crippen LogP contribution in [-0.2, 0) is 25.7 Å². The van der Waals surface area contributed by atoms with E-state index in [4.69, 9.17) is 16.3 Å². The van der Waals surface area contributed by atoms with Crippen LogP contribution in [0.2, 0.25) is 5.15 Å². The molecule has 7 heteroatoms. The Morgan fingerprint density at radius 1 is 1.17 bits per heavy atom. The van der Waals surface area contributed by atoms with Gasteiger partial charge in [-0.3, -0.25) is 19.3 Å². The number of benzene rings is 1. The molecule has 1 aliphatic carbocycles. The van der Waals surface area contributed by atoms with E-state index >= 15 is 0 Å². The van der Waals surface area contributed by atoms with Crippen LogP contribution in [0.4, 0.5) is 0 Å². The van der Waals surface area contributed by atoms with Crippen molar-refractivity contribution in [3.8, 4) is 0 Å². The second-order valence-electron chi connectivity index (χ2n) is 7.94. The molecule has 1 aromatic heterocycles. The molecule has 0 radical (unpaired) electrons. The van der Waals surface area contributed by atoms with Gasteiger partial charge in [0.25, 0.3) is 0 Å². The Bertz CT molecular complexity index is 996. The van der Waals surface area contributed by atoms with E-state index in [1.165, 1.54) is 0 Å². The number of aryl methyl sites for hydroxylation is 2. The number of rotatable bonds is 4. The van der Waals surface area contributed by atoms with Gasteiger partial charge in [0.15, 0.2) is 0 Å². The number of esters is 1. The molecule has 2 aliphatic rings. The third kappa shape index (κ3) is 3.62. The fourth-order valence-electron chi connectivity index (χ4n) is 4.33. The normalized spacial score (nSPS) is 21.6. The number of fused-ring (bicyclic) bond motifs is 2. The number of aromatic nitrogens is 1. The molecule has 2 heterocycles. The fraction of sp³-hybridized carbons (Fsp3) is 0.455. The zero-order valence-electron chi connectivity index (χ0n) is 16.5. The molecule has 0 N–H and O–H groups in total. The van der Waals surface area contributed by atoms with Gasteiger partial charge in [0.2, 0.25) is 11.8 Å². The van der Waals surface area contributed by atoms with E-state index in [0.717, 1.165) is 52.6 Å². The van der Waals surface area contributed by atoms with Crippen LogP contribution in [0, 0.1) is 25.7 Å². The van der Waals surface area contributed by atoms with Crippen molar-refractivity contribution in [2.75, 3.05) is 6.54 Å². The number of hydrogen-bond donors (Lipinski definition) is 0. The highest BCUT2D eigenvalue weighted by Crippen LogP contribution is 2.37. The fourth-order valence-corrected chi connectivity index (χ4v) is 4.52. The van der Waals surface area contributed by atoms with Gasteiger partial charge in [0.05, 0.1) is 17.4 Å². The first kappa shape index (κ1) is 19.8. The molecule has 0 bridgehead atoms. The first-order valence-corrected chi connectivity index (χ1v) is 10.3. The van der Waals surface area contributed by atoms with Gasteiger partial charge in [0, 0.05) is 10.9 Å². The third-order valence-corrected chi connectivity index (χ3v) is 6.47. The number of pyridine rings is 1. The number of hydrogen-bond acceptors (Lipinski definition) is 5. The summed E-state index contributed by atoms with van der Waals surface area (Å²) in [5, 5.41) is 1.19. The molecule has 2 fully saturated rings. The quantitative estimate of drug-likeness (QED) is 0.433. The molecule has 1 saturated heterocycles. The number of carbonyl (C=O) groups is 3. The summed E-state index contributed by atoms with van der Waals surface area (Å²) in [5.74, 6) is -1.65. The van der Waals surface area contributed by atoms with Crippen molar-refractivity contribution in [2.45, 2.75) is 46.1 Å². The van der Waals surface area contributed by atoms with Crippen LogP contribution in [0.3, 0.4) is 0 Å². The summed E-state index contributed by atoms with van der Waals surface area (Å²) in [5.41, 5.74) is 3.59. The Balaban J connectivity index is 1.43. The van der Waals surface area contributed by atoms with Crippen LogP contribution in [-0.4, -0.2) is 34.2 Å². The summed E-state index contributed by atoms with van der Waals surface area (Å²) >= 11 is 6.29. The number of halogens is 1. The average Bonchev–Trinajstić information content (AvgIpc) is 2.95. The average molecular weight is 415 g/mol. The van der Waals surface area contributed by atoms with Crippen molar-refractivity contribution in [1.82, 2.24) is 9.88 Å². The topological polar surface area (TPSA) is 76.6 Å². The molecule has 152 valence electrons. The van der Waals surface area contributed by atoms with Crippen molar-refractivity contribution in [1.29, 1.82) is 0 Å². The Morgan fingerprint density at radius 2 is 1.83 bits per heavy atom. The van der Waals surface area contributed by atoms with Crippen LogP contribution in [0.15, 0.2) is 18.2 Å². The Morgan fingerprint density at radius 3 is 2.48 bits per heavy atom. The van der Waals surface area contributed by atoms with Crippen LogP contribution >= 0.6 is 11.6 Å². The SMILES string of the molecule is Cc1ccc2cc(COC(=O)CN3C(=O)[C@@H]4CCCC[C@H]4C3=O)c(Cl)nc2c1C. The van der Waals surface area contributed by atoms with E-state index in [0.29, 0.717) is 5.56 Å². The summed E-state index contributed by atoms with van der Waals surface area (Å²) in [6.45, 7) is 3.59. The zero-order chi connectivity index (χ0) is 20.7. The Kier molecular flexibility index (Phi) is 5.30. The monoisotopic (exact) mass is 414 g/mol. The van der Waals surface area contributed by atoms with Gasteiger partial charge in [-0.1, -0.05) is 36.6 Å². The molecule has 0 unspecified atom stereocenters. The van der Waals surface area contributed by atoms with Gasteiger partial charge in [-0.25, -0.2) is 4.98 Å². The van der Waals surface area contributed by atoms with Crippen LogP contribution in [0.5, 0.6) is 0 Å². The molecule has 6 nitrogen and oxygen atoms in total. The minimum absolute atomic E-state index is 0.0589. The molecule has 0 spiro atoms. The zero-order valence-corrected chi connectivity index (χ0v) is 17.3. The van der Waals surface area contributed by atoms with Gasteiger partial charge in [-0.2, -0.15) is 0 Å². The number of carbonyl (C=O) groups excluding carboxylic acids is 3. The number of likely N-dealkylation sites (tertiary alicyclic amines) is 1. The van der Waals surface area contributed by atoms with E-state index < -0.39 is 5.97 Å². The van der Waals surface area contributed by atoms with Gasteiger partial charge < -0.3 is 4.74 Å². The van der Waals surface area contributed by atoms with Gasteiger partial charge in [-0.05, 0) is 43.9 Å². The van der Waals surface area contributed by atoms with Gasteiger partial charge >= 0.3 is 5.97 Å². The predicted octanol–water partition coefficient (Wildman–Crippen LogP) is 3.72. The summed E-state index contributed by atoms with van der Waals surface area (Å²) in [6, 6.07) is 5.81. The predicted molar refractivity (Wildman–Crippen MR) is 108 cm³/mol. The lowest BCUT2D eigenvalue weighted by atomic mass is 9.81. The molecular formula is C22H23ClN2O4. The summed E-state index contributed by atoms with van der Waals surface area (Å²) < 4.78 is 5.31. The molecule has 29 heavy (non-hydrogen) atoms. The first-order chi connectivity index (χ1) is 13.9. The van der Waals surface area contributed by atoms with E-state index in [1.54, 1.807) is 0 Å². The molecular weight excluding hydrogens is 392 g/mol. The third-order valence-electron chi connectivity index (χ3n) is 6.15. The molecule has 2 atom stereocenters. The first-order valence-electron chi connectivity index (χ1n) is 9.93. The van der Waals surface area contributed by atoms with Crippen LogP contribution in [0.25, 0.3) is 10.9 Å². The summed E-state index contributed by atoms with van der Waals surface area (Å²) in [7, 11) is 0. The van der Waals surface area contributed by atoms with Crippen molar-refractivity contribution >= 4 is 40.3 Å². The van der Waals surface area contributed by atoms with Crippen LogP contribution < -0.4 is 0 Å². The molecule has 1 aromatic carbocycles. The second-order valence-corrected chi connectivity index (χ2v) is 8.30. The molecule has 2 aromatic rings. The highest BCUT2D eigenvalue weighted by molar-refractivity contribution is 6.30. The van der Waals surface area contributed by atoms with E-state index in [2.05, 4.69) is 4.98 Å². The number of nitrogens with zero attached hydrogens (tertiary/aromatic N) is 2. The molecule has 2 amide bonds. The maximum absolute atomic E-state index is 12.5. The highest BCUT2D eigenvalue weighted by Gasteiger charge is 2.48. The minimum Gasteiger partial charge on any atom is -0.459 e. The van der Waals surface area contributed by atoms with Crippen molar-refractivity contribution in [3.05, 3.63) is 40.0 Å². The lowest BCUT2D eigenvalue weighted by molar-refractivity contribution is -0.153. The molecule has 1 aliphatic heterocycles. The minimum atomic E-state index is -0.624. The number of imide groups is 1. The highest BCUT2D eigenvalue weighted by atomic mass is 35.5. The maximum atomic E-state index is 12.5.